The fourth-order valence-corrected chi connectivity index (χ4v) is 5.96. The van der Waals surface area contributed by atoms with Gasteiger partial charge < -0.3 is 9.67 Å². The summed E-state index contributed by atoms with van der Waals surface area (Å²) in [6.07, 6.45) is 1.11. The molecule has 1 aromatic heterocycles. The van der Waals surface area contributed by atoms with Gasteiger partial charge in [0.1, 0.15) is 11.0 Å². The first-order valence-electron chi connectivity index (χ1n) is 11.1. The Morgan fingerprint density at radius 2 is 1.88 bits per heavy atom. The standard InChI is InChI=1S/C23H32F3N3O2S2/c1-15-20(32-27)12-19(29(15)13-16-7-5-4-6-8-16)17-9-10-21(18(11-17)23(24,25)26)33(31)28-22(2,3)14-30/h9-12,16,28,30H,4-8,13-14,27H2,1-3H3. The second-order valence-corrected chi connectivity index (χ2v) is 11.2. The van der Waals surface area contributed by atoms with Crippen LogP contribution < -0.4 is 9.86 Å². The third kappa shape index (κ3) is 6.22. The monoisotopic (exact) mass is 503 g/mol. The fourth-order valence-electron chi connectivity index (χ4n) is 4.25. The molecule has 10 heteroatoms. The molecule has 5 nitrogen and oxygen atoms in total. The average Bonchev–Trinajstić information content (AvgIpc) is 3.08. The lowest BCUT2D eigenvalue weighted by Gasteiger charge is -2.25. The molecule has 1 heterocycles. The Labute approximate surface area is 200 Å². The van der Waals surface area contributed by atoms with Crippen LogP contribution in [0.5, 0.6) is 0 Å². The van der Waals surface area contributed by atoms with Crippen LogP contribution >= 0.6 is 11.9 Å². The van der Waals surface area contributed by atoms with E-state index in [4.69, 9.17) is 5.14 Å². The summed E-state index contributed by atoms with van der Waals surface area (Å²) in [5.41, 5.74) is 0.0762. The molecule has 184 valence electrons. The summed E-state index contributed by atoms with van der Waals surface area (Å²) in [5.74, 6) is 0.484. The van der Waals surface area contributed by atoms with Gasteiger partial charge >= 0.3 is 6.18 Å². The lowest BCUT2D eigenvalue weighted by Crippen LogP contribution is -2.43. The molecular weight excluding hydrogens is 471 g/mol. The number of nitrogens with zero attached hydrogens (tertiary/aromatic N) is 1. The number of aromatic nitrogens is 1. The minimum absolute atomic E-state index is 0.358. The lowest BCUT2D eigenvalue weighted by molar-refractivity contribution is -0.139. The minimum atomic E-state index is -4.69. The summed E-state index contributed by atoms with van der Waals surface area (Å²) in [5, 5.41) is 15.2. The molecule has 0 amide bonds. The number of benzene rings is 1. The van der Waals surface area contributed by atoms with Crippen LogP contribution in [0.25, 0.3) is 11.3 Å². The molecule has 1 fully saturated rings. The number of nitrogens with two attached hydrogens (primary N) is 1. The van der Waals surface area contributed by atoms with E-state index in [-0.39, 0.29) is 11.5 Å². The highest BCUT2D eigenvalue weighted by Crippen LogP contribution is 2.39. The van der Waals surface area contributed by atoms with Gasteiger partial charge in [0.25, 0.3) is 0 Å². The van der Waals surface area contributed by atoms with Gasteiger partial charge in [0.05, 0.1) is 17.1 Å². The van der Waals surface area contributed by atoms with Crippen molar-refractivity contribution in [2.45, 2.75) is 80.9 Å². The van der Waals surface area contributed by atoms with Crippen LogP contribution in [0.3, 0.4) is 0 Å². The molecule has 4 N–H and O–H groups in total. The van der Waals surface area contributed by atoms with Gasteiger partial charge in [0.2, 0.25) is 0 Å². The Balaban J connectivity index is 2.05. The number of hydrogen-bond donors (Lipinski definition) is 3. The molecule has 33 heavy (non-hydrogen) atoms. The molecule has 0 radical (unpaired) electrons. The summed E-state index contributed by atoms with van der Waals surface area (Å²) in [6.45, 7) is 5.45. The Morgan fingerprint density at radius 3 is 2.45 bits per heavy atom. The van der Waals surface area contributed by atoms with Gasteiger partial charge in [-0.2, -0.15) is 13.2 Å². The van der Waals surface area contributed by atoms with Crippen molar-refractivity contribution in [3.05, 3.63) is 35.5 Å². The molecule has 0 aliphatic heterocycles. The van der Waals surface area contributed by atoms with Gasteiger partial charge in [-0.25, -0.2) is 8.93 Å². The summed E-state index contributed by atoms with van der Waals surface area (Å²) in [7, 11) is -2.15. The van der Waals surface area contributed by atoms with Gasteiger partial charge in [-0.15, -0.1) is 0 Å². The summed E-state index contributed by atoms with van der Waals surface area (Å²) in [6, 6.07) is 5.74. The van der Waals surface area contributed by atoms with E-state index >= 15 is 0 Å². The van der Waals surface area contributed by atoms with Crippen molar-refractivity contribution in [3.8, 4) is 11.3 Å². The van der Waals surface area contributed by atoms with Crippen LogP contribution in [-0.4, -0.2) is 26.0 Å². The highest BCUT2D eigenvalue weighted by atomic mass is 32.2. The SMILES string of the molecule is Cc1c(SN)cc(-c2ccc(S(=O)NC(C)(C)CO)c(C(F)(F)F)c2)n1CC1CCCCC1. The van der Waals surface area contributed by atoms with Crippen molar-refractivity contribution < 1.29 is 22.5 Å². The van der Waals surface area contributed by atoms with Crippen LogP contribution in [-0.2, 0) is 23.7 Å². The van der Waals surface area contributed by atoms with Crippen LogP contribution in [0.1, 0.15) is 57.2 Å². The first-order valence-corrected chi connectivity index (χ1v) is 13.1. The van der Waals surface area contributed by atoms with Gasteiger partial charge in [0.15, 0.2) is 0 Å². The van der Waals surface area contributed by atoms with E-state index in [0.717, 1.165) is 48.0 Å². The second kappa shape index (κ2) is 10.5. The van der Waals surface area contributed by atoms with E-state index in [1.54, 1.807) is 19.9 Å². The molecule has 1 atom stereocenters. The third-order valence-electron chi connectivity index (χ3n) is 6.16. The molecule has 0 bridgehead atoms. The highest BCUT2D eigenvalue weighted by molar-refractivity contribution is 7.97. The Hall–Kier alpha value is -1.33. The maximum atomic E-state index is 14.0. The zero-order valence-corrected chi connectivity index (χ0v) is 20.8. The van der Waals surface area contributed by atoms with Gasteiger partial charge in [-0.3, -0.25) is 5.14 Å². The molecule has 1 unspecified atom stereocenters. The third-order valence-corrected chi connectivity index (χ3v) is 8.32. The number of aliphatic hydroxyl groups is 1. The average molecular weight is 504 g/mol. The van der Waals surface area contributed by atoms with E-state index in [1.807, 2.05) is 13.0 Å². The maximum absolute atomic E-state index is 14.0. The molecule has 1 aromatic carbocycles. The summed E-state index contributed by atoms with van der Waals surface area (Å²) in [4.78, 5) is 0.469. The summed E-state index contributed by atoms with van der Waals surface area (Å²) < 4.78 is 59.4. The largest absolute Gasteiger partial charge is 0.417 e. The van der Waals surface area contributed by atoms with Crippen LogP contribution in [0.15, 0.2) is 34.1 Å². The van der Waals surface area contributed by atoms with E-state index < -0.39 is 28.3 Å². The Kier molecular flexibility index (Phi) is 8.37. The number of nitrogens with one attached hydrogen (secondary N) is 1. The van der Waals surface area contributed by atoms with E-state index in [1.165, 1.54) is 25.3 Å². The second-order valence-electron chi connectivity index (χ2n) is 9.33. The number of rotatable bonds is 8. The van der Waals surface area contributed by atoms with Crippen LogP contribution in [0.4, 0.5) is 13.2 Å². The molecule has 3 rings (SSSR count). The van der Waals surface area contributed by atoms with E-state index in [9.17, 15) is 22.5 Å². The maximum Gasteiger partial charge on any atom is 0.417 e. The Morgan fingerprint density at radius 1 is 1.21 bits per heavy atom. The number of halogens is 3. The predicted molar refractivity (Wildman–Crippen MR) is 127 cm³/mol. The van der Waals surface area contributed by atoms with Crippen molar-refractivity contribution in [2.24, 2.45) is 11.1 Å². The van der Waals surface area contributed by atoms with Crippen LogP contribution in [0, 0.1) is 12.8 Å². The van der Waals surface area contributed by atoms with Gasteiger partial charge in [0, 0.05) is 28.4 Å². The minimum Gasteiger partial charge on any atom is -0.394 e. The van der Waals surface area contributed by atoms with Gasteiger partial charge in [-0.05, 0) is 75.2 Å². The number of alkyl halides is 3. The topological polar surface area (TPSA) is 80.3 Å². The van der Waals surface area contributed by atoms with E-state index in [0.29, 0.717) is 17.2 Å². The zero-order chi connectivity index (χ0) is 24.4. The number of hydrogen-bond acceptors (Lipinski definition) is 4. The normalized spacial score (nSPS) is 16.8. The zero-order valence-electron chi connectivity index (χ0n) is 19.2. The van der Waals surface area contributed by atoms with Gasteiger partial charge in [-0.1, -0.05) is 25.3 Å². The molecular formula is C23H32F3N3O2S2. The predicted octanol–water partition coefficient (Wildman–Crippen LogP) is 5.41. The first-order chi connectivity index (χ1) is 15.5. The summed E-state index contributed by atoms with van der Waals surface area (Å²) >= 11 is 1.09. The molecule has 1 aliphatic carbocycles. The fraction of sp³-hybridized carbons (Fsp3) is 0.565. The van der Waals surface area contributed by atoms with Crippen molar-refractivity contribution >= 4 is 22.9 Å². The molecule has 1 saturated carbocycles. The van der Waals surface area contributed by atoms with E-state index in [2.05, 4.69) is 9.29 Å². The smallest absolute Gasteiger partial charge is 0.394 e. The van der Waals surface area contributed by atoms with Crippen LogP contribution in [0.2, 0.25) is 0 Å². The molecule has 1 aliphatic rings. The van der Waals surface area contributed by atoms with Crippen molar-refractivity contribution in [3.63, 3.8) is 0 Å². The number of aliphatic hydroxyl groups excluding tert-OH is 1. The lowest BCUT2D eigenvalue weighted by atomic mass is 9.89. The highest BCUT2D eigenvalue weighted by Gasteiger charge is 2.36. The van der Waals surface area contributed by atoms with Crippen molar-refractivity contribution in [1.29, 1.82) is 0 Å². The van der Waals surface area contributed by atoms with Crippen molar-refractivity contribution in [1.82, 2.24) is 9.29 Å². The quantitative estimate of drug-likeness (QED) is 0.421. The first kappa shape index (κ1) is 26.3. The van der Waals surface area contributed by atoms with Crippen molar-refractivity contribution in [2.75, 3.05) is 6.61 Å². The molecule has 2 aromatic rings. The molecule has 0 saturated heterocycles. The molecule has 0 spiro atoms. The Bertz CT molecular complexity index is 1000.